The topological polar surface area (TPSA) is 81.4 Å². The highest BCUT2D eigenvalue weighted by Gasteiger charge is 2.20. The molecule has 1 atom stereocenters. The van der Waals surface area contributed by atoms with E-state index in [0.717, 1.165) is 0 Å². The Labute approximate surface area is 129 Å². The van der Waals surface area contributed by atoms with Gasteiger partial charge in [-0.1, -0.05) is 29.9 Å². The summed E-state index contributed by atoms with van der Waals surface area (Å²) in [4.78, 5) is 0.167. The first kappa shape index (κ1) is 17.3. The van der Waals surface area contributed by atoms with Crippen molar-refractivity contribution in [3.05, 3.63) is 28.8 Å². The lowest BCUT2D eigenvalue weighted by atomic mass is 10.2. The molecule has 1 aromatic carbocycles. The van der Waals surface area contributed by atoms with Gasteiger partial charge < -0.3 is 10.5 Å². The third-order valence-corrected chi connectivity index (χ3v) is 4.93. The van der Waals surface area contributed by atoms with Crippen LogP contribution in [0.15, 0.2) is 23.1 Å². The van der Waals surface area contributed by atoms with Gasteiger partial charge in [0, 0.05) is 25.3 Å². The fraction of sp³-hybridized carbons (Fsp3) is 0.417. The summed E-state index contributed by atoms with van der Waals surface area (Å²) in [5, 5.41) is 0.0849. The molecule has 0 radical (unpaired) electrons. The zero-order chi connectivity index (χ0) is 15.3. The predicted molar refractivity (Wildman–Crippen MR) is 83.6 cm³/mol. The van der Waals surface area contributed by atoms with Crippen molar-refractivity contribution in [2.75, 3.05) is 13.7 Å². The molecule has 0 fully saturated rings. The molecule has 1 rings (SSSR count). The highest BCUT2D eigenvalue weighted by Crippen LogP contribution is 2.23. The van der Waals surface area contributed by atoms with Crippen LogP contribution in [0.3, 0.4) is 0 Å². The molecule has 0 aliphatic rings. The maximum absolute atomic E-state index is 12.2. The quantitative estimate of drug-likeness (QED) is 0.740. The fourth-order valence-electron chi connectivity index (χ4n) is 1.55. The van der Waals surface area contributed by atoms with Crippen LogP contribution >= 0.6 is 23.8 Å². The summed E-state index contributed by atoms with van der Waals surface area (Å²) in [5.41, 5.74) is 6.00. The second-order valence-corrected chi connectivity index (χ2v) is 6.84. The van der Waals surface area contributed by atoms with Crippen LogP contribution in [0, 0.1) is 0 Å². The van der Waals surface area contributed by atoms with Gasteiger partial charge in [-0.05, 0) is 25.5 Å². The van der Waals surface area contributed by atoms with Crippen LogP contribution in [-0.4, -0.2) is 33.2 Å². The van der Waals surface area contributed by atoms with E-state index in [1.807, 2.05) is 0 Å². The smallest absolute Gasteiger partial charge is 0.242 e. The highest BCUT2D eigenvalue weighted by molar-refractivity contribution is 7.89. The number of sulfonamides is 1. The van der Waals surface area contributed by atoms with Crippen molar-refractivity contribution >= 4 is 38.8 Å². The molecular weight excluding hydrogens is 320 g/mol. The first-order chi connectivity index (χ1) is 9.27. The van der Waals surface area contributed by atoms with Gasteiger partial charge in [0.15, 0.2) is 0 Å². The Morgan fingerprint density at radius 2 is 2.20 bits per heavy atom. The Bertz CT molecular complexity index is 590. The lowest BCUT2D eigenvalue weighted by Gasteiger charge is -2.15. The maximum Gasteiger partial charge on any atom is 0.242 e. The molecule has 1 unspecified atom stereocenters. The number of nitrogens with one attached hydrogen (secondary N) is 1. The molecule has 0 saturated carbocycles. The van der Waals surface area contributed by atoms with Crippen LogP contribution in [0.2, 0.25) is 5.02 Å². The number of rotatable bonds is 7. The van der Waals surface area contributed by atoms with E-state index in [1.54, 1.807) is 14.0 Å². The molecule has 1 aromatic rings. The number of methoxy groups -OCH3 is 1. The summed E-state index contributed by atoms with van der Waals surface area (Å²) in [7, 11) is -2.12. The monoisotopic (exact) mass is 336 g/mol. The lowest BCUT2D eigenvalue weighted by Crippen LogP contribution is -2.33. The molecule has 0 aliphatic carbocycles. The summed E-state index contributed by atoms with van der Waals surface area (Å²) in [5.74, 6) is 0. The number of ether oxygens (including phenoxy) is 1. The fourth-order valence-corrected chi connectivity index (χ4v) is 3.50. The van der Waals surface area contributed by atoms with E-state index in [0.29, 0.717) is 18.6 Å². The van der Waals surface area contributed by atoms with Gasteiger partial charge in [0.2, 0.25) is 10.0 Å². The minimum absolute atomic E-state index is 0.00318. The molecule has 0 amide bonds. The van der Waals surface area contributed by atoms with Gasteiger partial charge in [0.25, 0.3) is 0 Å². The third kappa shape index (κ3) is 4.68. The number of thiocarbonyl (C=S) groups is 1. The van der Waals surface area contributed by atoms with Crippen LogP contribution in [0.4, 0.5) is 0 Å². The Morgan fingerprint density at radius 1 is 1.55 bits per heavy atom. The number of halogens is 1. The van der Waals surface area contributed by atoms with Crippen molar-refractivity contribution in [3.8, 4) is 0 Å². The molecule has 0 bridgehead atoms. The molecule has 0 aromatic heterocycles. The summed E-state index contributed by atoms with van der Waals surface area (Å²) in [6, 6.07) is 4.11. The van der Waals surface area contributed by atoms with Gasteiger partial charge in [-0.25, -0.2) is 13.1 Å². The van der Waals surface area contributed by atoms with Crippen molar-refractivity contribution in [1.29, 1.82) is 0 Å². The first-order valence-electron chi connectivity index (χ1n) is 5.88. The van der Waals surface area contributed by atoms with Gasteiger partial charge >= 0.3 is 0 Å². The van der Waals surface area contributed by atoms with Crippen molar-refractivity contribution in [2.24, 2.45) is 5.73 Å². The Kier molecular flexibility index (Phi) is 6.35. The molecule has 3 N–H and O–H groups in total. The van der Waals surface area contributed by atoms with Gasteiger partial charge in [0.1, 0.15) is 9.88 Å². The van der Waals surface area contributed by atoms with Gasteiger partial charge in [-0.15, -0.1) is 0 Å². The molecule has 0 heterocycles. The SMILES string of the molecule is COCCC(C)NS(=O)(=O)c1ccc(C(N)=S)cc1Cl. The Morgan fingerprint density at radius 3 is 2.70 bits per heavy atom. The summed E-state index contributed by atoms with van der Waals surface area (Å²) in [6.07, 6.45) is 0.568. The second-order valence-electron chi connectivity index (χ2n) is 4.31. The van der Waals surface area contributed by atoms with E-state index in [2.05, 4.69) is 4.72 Å². The van der Waals surface area contributed by atoms with Crippen molar-refractivity contribution in [2.45, 2.75) is 24.3 Å². The third-order valence-electron chi connectivity index (χ3n) is 2.62. The minimum Gasteiger partial charge on any atom is -0.389 e. The average molecular weight is 337 g/mol. The van der Waals surface area contributed by atoms with E-state index >= 15 is 0 Å². The summed E-state index contributed by atoms with van der Waals surface area (Å²) < 4.78 is 31.9. The predicted octanol–water partition coefficient (Wildman–Crippen LogP) is 1.68. The second kappa shape index (κ2) is 7.33. The molecular formula is C12H17ClN2O3S2. The Hall–Kier alpha value is -0.730. The van der Waals surface area contributed by atoms with Gasteiger partial charge in [0.05, 0.1) is 5.02 Å². The van der Waals surface area contributed by atoms with E-state index in [1.165, 1.54) is 18.2 Å². The summed E-state index contributed by atoms with van der Waals surface area (Å²) in [6.45, 7) is 2.23. The van der Waals surface area contributed by atoms with Crippen LogP contribution in [-0.2, 0) is 14.8 Å². The van der Waals surface area contributed by atoms with Crippen molar-refractivity contribution in [1.82, 2.24) is 4.72 Å². The Balaban J connectivity index is 2.95. The number of nitrogens with two attached hydrogens (primary N) is 1. The van der Waals surface area contributed by atoms with Crippen molar-refractivity contribution < 1.29 is 13.2 Å². The van der Waals surface area contributed by atoms with Crippen LogP contribution in [0.5, 0.6) is 0 Å². The van der Waals surface area contributed by atoms with Gasteiger partial charge in [-0.3, -0.25) is 0 Å². The maximum atomic E-state index is 12.2. The zero-order valence-electron chi connectivity index (χ0n) is 11.2. The highest BCUT2D eigenvalue weighted by atomic mass is 35.5. The average Bonchev–Trinajstić information content (AvgIpc) is 2.35. The number of benzene rings is 1. The van der Waals surface area contributed by atoms with E-state index in [-0.39, 0.29) is 20.9 Å². The van der Waals surface area contributed by atoms with Crippen LogP contribution < -0.4 is 10.5 Å². The first-order valence-corrected chi connectivity index (χ1v) is 8.15. The van der Waals surface area contributed by atoms with E-state index in [9.17, 15) is 8.42 Å². The normalized spacial score (nSPS) is 13.2. The summed E-state index contributed by atoms with van der Waals surface area (Å²) >= 11 is 10.8. The number of hydrogen-bond donors (Lipinski definition) is 2. The molecule has 8 heteroatoms. The zero-order valence-corrected chi connectivity index (χ0v) is 13.6. The molecule has 112 valence electrons. The molecule has 0 spiro atoms. The minimum atomic E-state index is -3.68. The molecule has 20 heavy (non-hydrogen) atoms. The van der Waals surface area contributed by atoms with E-state index < -0.39 is 10.0 Å². The van der Waals surface area contributed by atoms with Crippen LogP contribution in [0.1, 0.15) is 18.9 Å². The number of hydrogen-bond acceptors (Lipinski definition) is 4. The molecule has 5 nitrogen and oxygen atoms in total. The van der Waals surface area contributed by atoms with Crippen LogP contribution in [0.25, 0.3) is 0 Å². The standard InChI is InChI=1S/C12H17ClN2O3S2/c1-8(5-6-18-2)15-20(16,17)11-4-3-9(12(14)19)7-10(11)13/h3-4,7-8,15H,5-6H2,1-2H3,(H2,14,19). The molecule has 0 aliphatic heterocycles. The molecule has 0 saturated heterocycles. The van der Waals surface area contributed by atoms with Gasteiger partial charge in [-0.2, -0.15) is 0 Å². The van der Waals surface area contributed by atoms with Crippen molar-refractivity contribution in [3.63, 3.8) is 0 Å². The lowest BCUT2D eigenvalue weighted by molar-refractivity contribution is 0.188. The van der Waals surface area contributed by atoms with E-state index in [4.69, 9.17) is 34.3 Å². The largest absolute Gasteiger partial charge is 0.389 e.